The zero-order valence-corrected chi connectivity index (χ0v) is 18.7. The van der Waals surface area contributed by atoms with E-state index in [1.807, 2.05) is 25.1 Å². The maximum absolute atomic E-state index is 12.3. The Bertz CT molecular complexity index is 944. The van der Waals surface area contributed by atoms with E-state index in [0.717, 1.165) is 21.7 Å². The van der Waals surface area contributed by atoms with Gasteiger partial charge in [0.25, 0.3) is 0 Å². The maximum Gasteiger partial charge on any atom is 0.240 e. The first-order valence-corrected chi connectivity index (χ1v) is 11.5. The quantitative estimate of drug-likeness (QED) is 0.605. The largest absolute Gasteiger partial charge is 0.492 e. The van der Waals surface area contributed by atoms with E-state index < -0.39 is 15.9 Å². The first-order valence-electron chi connectivity index (χ1n) is 9.31. The minimum absolute atomic E-state index is 0.243. The molecule has 2 rings (SSSR count). The summed E-state index contributed by atoms with van der Waals surface area (Å²) in [6.07, 6.45) is 1.08. The van der Waals surface area contributed by atoms with Gasteiger partial charge in [-0.2, -0.15) is 0 Å². The van der Waals surface area contributed by atoms with Crippen LogP contribution < -0.4 is 14.4 Å². The molecule has 2 aromatic carbocycles. The number of benzene rings is 2. The number of nitrogens with zero attached hydrogens (tertiary/aromatic N) is 1. The molecule has 0 heterocycles. The monoisotopic (exact) mass is 438 g/mol. The van der Waals surface area contributed by atoms with Crippen molar-refractivity contribution in [1.29, 1.82) is 0 Å². The van der Waals surface area contributed by atoms with Crippen molar-refractivity contribution in [3.05, 3.63) is 58.6 Å². The summed E-state index contributed by atoms with van der Waals surface area (Å²) in [6.45, 7) is 6.21. The van der Waals surface area contributed by atoms with Crippen LogP contribution in [0.2, 0.25) is 5.02 Å². The number of hydrogen-bond acceptors (Lipinski definition) is 4. The number of nitrogens with one attached hydrogen (secondary N) is 1. The minimum Gasteiger partial charge on any atom is -0.492 e. The number of ether oxygens (including phenoxy) is 1. The summed E-state index contributed by atoms with van der Waals surface area (Å²) < 4.78 is 31.0. The Morgan fingerprint density at radius 1 is 1.17 bits per heavy atom. The van der Waals surface area contributed by atoms with E-state index in [4.69, 9.17) is 16.3 Å². The van der Waals surface area contributed by atoms with E-state index in [-0.39, 0.29) is 19.7 Å². The van der Waals surface area contributed by atoms with Crippen molar-refractivity contribution in [2.45, 2.75) is 26.7 Å². The van der Waals surface area contributed by atoms with Gasteiger partial charge in [-0.15, -0.1) is 0 Å². The van der Waals surface area contributed by atoms with Gasteiger partial charge in [-0.3, -0.25) is 9.10 Å². The molecule has 0 saturated carbocycles. The molecule has 6 nitrogen and oxygen atoms in total. The third-order valence-corrected chi connectivity index (χ3v) is 5.92. The van der Waals surface area contributed by atoms with Crippen molar-refractivity contribution in [3.63, 3.8) is 0 Å². The molecule has 2 aromatic rings. The topological polar surface area (TPSA) is 75.7 Å². The molecule has 29 heavy (non-hydrogen) atoms. The molecule has 0 aromatic heterocycles. The normalized spacial score (nSPS) is 11.4. The third-order valence-electron chi connectivity index (χ3n) is 4.37. The highest BCUT2D eigenvalue weighted by atomic mass is 35.5. The zero-order chi connectivity index (χ0) is 21.6. The Morgan fingerprint density at radius 2 is 1.83 bits per heavy atom. The number of halogens is 1. The van der Waals surface area contributed by atoms with Crippen molar-refractivity contribution >= 4 is 33.2 Å². The second kappa shape index (κ2) is 9.98. The average Bonchev–Trinajstić information content (AvgIpc) is 2.65. The molecule has 1 amide bonds. The van der Waals surface area contributed by atoms with Gasteiger partial charge in [0.05, 0.1) is 18.5 Å². The third kappa shape index (κ3) is 6.94. The summed E-state index contributed by atoms with van der Waals surface area (Å²) in [4.78, 5) is 12.3. The van der Waals surface area contributed by atoms with Crippen molar-refractivity contribution in [2.24, 2.45) is 0 Å². The highest BCUT2D eigenvalue weighted by molar-refractivity contribution is 7.92. The molecule has 0 atom stereocenters. The lowest BCUT2D eigenvalue weighted by atomic mass is 10.0. The Kier molecular flexibility index (Phi) is 7.93. The fraction of sp³-hybridized carbons (Fsp3) is 0.381. The van der Waals surface area contributed by atoms with E-state index in [1.165, 1.54) is 0 Å². The highest BCUT2D eigenvalue weighted by Crippen LogP contribution is 2.22. The van der Waals surface area contributed by atoms with E-state index in [1.54, 1.807) is 24.3 Å². The molecular formula is C21H27ClN2O4S. The van der Waals surface area contributed by atoms with Gasteiger partial charge in [0.15, 0.2) is 0 Å². The van der Waals surface area contributed by atoms with Crippen LogP contribution in [0, 0.1) is 6.92 Å². The smallest absolute Gasteiger partial charge is 0.240 e. The zero-order valence-electron chi connectivity index (χ0n) is 17.1. The second-order valence-corrected chi connectivity index (χ2v) is 9.44. The minimum atomic E-state index is -3.60. The lowest BCUT2D eigenvalue weighted by Gasteiger charge is -2.22. The Morgan fingerprint density at radius 3 is 2.38 bits per heavy atom. The van der Waals surface area contributed by atoms with Crippen molar-refractivity contribution in [3.8, 4) is 5.75 Å². The molecule has 0 unspecified atom stereocenters. The molecular weight excluding hydrogens is 412 g/mol. The number of sulfonamides is 1. The Labute approximate surface area is 177 Å². The van der Waals surface area contributed by atoms with Crippen LogP contribution in [0.4, 0.5) is 5.69 Å². The van der Waals surface area contributed by atoms with E-state index in [2.05, 4.69) is 19.2 Å². The molecule has 1 N–H and O–H groups in total. The van der Waals surface area contributed by atoms with Gasteiger partial charge >= 0.3 is 0 Å². The molecule has 0 aliphatic rings. The highest BCUT2D eigenvalue weighted by Gasteiger charge is 2.20. The van der Waals surface area contributed by atoms with Crippen LogP contribution in [0.1, 0.15) is 30.9 Å². The van der Waals surface area contributed by atoms with E-state index >= 15 is 0 Å². The first-order chi connectivity index (χ1) is 13.6. The van der Waals surface area contributed by atoms with Gasteiger partial charge in [0.1, 0.15) is 18.9 Å². The van der Waals surface area contributed by atoms with Crippen LogP contribution in [0.15, 0.2) is 42.5 Å². The number of carbonyl (C=O) groups excluding carboxylic acids is 1. The van der Waals surface area contributed by atoms with E-state index in [9.17, 15) is 13.2 Å². The lowest BCUT2D eigenvalue weighted by molar-refractivity contribution is -0.119. The molecule has 0 saturated heterocycles. The second-order valence-electron chi connectivity index (χ2n) is 7.13. The van der Waals surface area contributed by atoms with Gasteiger partial charge in [0, 0.05) is 5.02 Å². The predicted molar refractivity (Wildman–Crippen MR) is 117 cm³/mol. The molecule has 0 aliphatic heterocycles. The Hall–Kier alpha value is -2.25. The number of aryl methyl sites for hydroxylation is 1. The summed E-state index contributed by atoms with van der Waals surface area (Å²) in [6, 6.07) is 12.5. The number of rotatable bonds is 9. The fourth-order valence-electron chi connectivity index (χ4n) is 2.63. The molecule has 158 valence electrons. The predicted octanol–water partition coefficient (Wildman–Crippen LogP) is 3.73. The molecule has 8 heteroatoms. The maximum atomic E-state index is 12.3. The SMILES string of the molecule is Cc1ccc(OCCNC(=O)CN(c2ccc(C(C)C)cc2)S(C)(=O)=O)cc1Cl. The summed E-state index contributed by atoms with van der Waals surface area (Å²) >= 11 is 6.05. The van der Waals surface area contributed by atoms with Crippen LogP contribution >= 0.6 is 11.6 Å². The van der Waals surface area contributed by atoms with Crippen LogP contribution in [-0.2, 0) is 14.8 Å². The molecule has 0 bridgehead atoms. The number of anilines is 1. The van der Waals surface area contributed by atoms with Crippen molar-refractivity contribution < 1.29 is 17.9 Å². The summed E-state index contributed by atoms with van der Waals surface area (Å²) in [5, 5.41) is 3.29. The lowest BCUT2D eigenvalue weighted by Crippen LogP contribution is -2.41. The molecule has 0 aliphatic carbocycles. The molecule has 0 fully saturated rings. The van der Waals surface area contributed by atoms with Crippen LogP contribution in [0.25, 0.3) is 0 Å². The van der Waals surface area contributed by atoms with Gasteiger partial charge in [-0.05, 0) is 48.2 Å². The Balaban J connectivity index is 1.92. The summed E-state index contributed by atoms with van der Waals surface area (Å²) in [5.41, 5.74) is 2.51. The van der Waals surface area contributed by atoms with Gasteiger partial charge < -0.3 is 10.1 Å². The van der Waals surface area contributed by atoms with Crippen molar-refractivity contribution in [2.75, 3.05) is 30.3 Å². The summed E-state index contributed by atoms with van der Waals surface area (Å²) in [7, 11) is -3.60. The number of hydrogen-bond donors (Lipinski definition) is 1. The molecule has 0 spiro atoms. The van der Waals surface area contributed by atoms with Gasteiger partial charge in [0.2, 0.25) is 15.9 Å². The van der Waals surface area contributed by atoms with Crippen molar-refractivity contribution in [1.82, 2.24) is 5.32 Å². The fourth-order valence-corrected chi connectivity index (χ4v) is 3.66. The van der Waals surface area contributed by atoms with E-state index in [0.29, 0.717) is 22.4 Å². The number of carbonyl (C=O) groups is 1. The van der Waals surface area contributed by atoms with Crippen LogP contribution in [0.5, 0.6) is 5.75 Å². The van der Waals surface area contributed by atoms with Gasteiger partial charge in [-0.1, -0.05) is 43.6 Å². The average molecular weight is 439 g/mol. The summed E-state index contributed by atoms with van der Waals surface area (Å²) in [5.74, 6) is 0.536. The van der Waals surface area contributed by atoms with Gasteiger partial charge in [-0.25, -0.2) is 8.42 Å². The van der Waals surface area contributed by atoms with Crippen LogP contribution in [0.3, 0.4) is 0 Å². The standard InChI is InChI=1S/C21H27ClN2O4S/c1-15(2)17-6-8-18(9-7-17)24(29(4,26)27)14-21(25)23-11-12-28-19-10-5-16(3)20(22)13-19/h5-10,13,15H,11-12,14H2,1-4H3,(H,23,25). The van der Waals surface area contributed by atoms with Crippen LogP contribution in [-0.4, -0.2) is 40.3 Å². The first kappa shape index (κ1) is 23.0. The number of amides is 1. The molecule has 0 radical (unpaired) electrons.